The molecule has 0 saturated heterocycles. The van der Waals surface area contributed by atoms with Gasteiger partial charge in [-0.05, 0) is 6.07 Å². The molecule has 0 fully saturated rings. The SMILES string of the molecule is COCCN(CCCl)C(=O)c1ccncc1OC. The van der Waals surface area contributed by atoms with Crippen molar-refractivity contribution >= 4 is 17.5 Å². The predicted octanol–water partition coefficient (Wildman–Crippen LogP) is 1.42. The Bertz CT molecular complexity index is 387. The minimum Gasteiger partial charge on any atom is -0.494 e. The van der Waals surface area contributed by atoms with Crippen LogP contribution in [0.1, 0.15) is 10.4 Å². The second-order valence-corrected chi connectivity index (χ2v) is 3.93. The van der Waals surface area contributed by atoms with E-state index in [-0.39, 0.29) is 5.91 Å². The second-order valence-electron chi connectivity index (χ2n) is 3.55. The first-order chi connectivity index (χ1) is 8.74. The van der Waals surface area contributed by atoms with Crippen molar-refractivity contribution in [3.8, 4) is 5.75 Å². The minimum absolute atomic E-state index is 0.132. The Morgan fingerprint density at radius 3 is 2.83 bits per heavy atom. The molecule has 0 atom stereocenters. The molecule has 0 radical (unpaired) electrons. The number of hydrogen-bond donors (Lipinski definition) is 0. The zero-order valence-electron chi connectivity index (χ0n) is 10.6. The molecule has 1 heterocycles. The number of pyridine rings is 1. The number of carbonyl (C=O) groups is 1. The third-order valence-electron chi connectivity index (χ3n) is 2.44. The summed E-state index contributed by atoms with van der Waals surface area (Å²) in [5.41, 5.74) is 0.480. The molecule has 1 aromatic rings. The second kappa shape index (κ2) is 7.89. The highest BCUT2D eigenvalue weighted by Gasteiger charge is 2.18. The van der Waals surface area contributed by atoms with E-state index in [1.165, 1.54) is 13.3 Å². The molecule has 6 heteroatoms. The number of rotatable bonds is 7. The van der Waals surface area contributed by atoms with Gasteiger partial charge in [0.1, 0.15) is 5.75 Å². The Hall–Kier alpha value is -1.33. The summed E-state index contributed by atoms with van der Waals surface area (Å²) in [6, 6.07) is 1.63. The minimum atomic E-state index is -0.132. The highest BCUT2D eigenvalue weighted by atomic mass is 35.5. The highest BCUT2D eigenvalue weighted by molar-refractivity contribution is 6.18. The van der Waals surface area contributed by atoms with E-state index in [2.05, 4.69) is 4.98 Å². The molecule has 18 heavy (non-hydrogen) atoms. The third kappa shape index (κ3) is 3.85. The summed E-state index contributed by atoms with van der Waals surface area (Å²) in [6.45, 7) is 1.43. The number of carbonyl (C=O) groups excluding carboxylic acids is 1. The van der Waals surface area contributed by atoms with E-state index >= 15 is 0 Å². The van der Waals surface area contributed by atoms with Crippen LogP contribution in [-0.4, -0.2) is 55.6 Å². The van der Waals surface area contributed by atoms with Crippen LogP contribution in [0, 0.1) is 0 Å². The molecule has 0 aliphatic rings. The van der Waals surface area contributed by atoms with Crippen molar-refractivity contribution in [3.63, 3.8) is 0 Å². The third-order valence-corrected chi connectivity index (χ3v) is 2.61. The lowest BCUT2D eigenvalue weighted by atomic mass is 10.2. The largest absolute Gasteiger partial charge is 0.494 e. The van der Waals surface area contributed by atoms with Gasteiger partial charge in [-0.3, -0.25) is 9.78 Å². The Morgan fingerprint density at radius 2 is 2.22 bits per heavy atom. The van der Waals surface area contributed by atoms with Crippen LogP contribution in [0.5, 0.6) is 5.75 Å². The van der Waals surface area contributed by atoms with Gasteiger partial charge in [-0.25, -0.2) is 0 Å². The Morgan fingerprint density at radius 1 is 1.44 bits per heavy atom. The van der Waals surface area contributed by atoms with Crippen LogP contribution in [0.3, 0.4) is 0 Å². The molecule has 5 nitrogen and oxygen atoms in total. The van der Waals surface area contributed by atoms with Crippen molar-refractivity contribution in [1.82, 2.24) is 9.88 Å². The summed E-state index contributed by atoms with van der Waals surface area (Å²) >= 11 is 5.70. The maximum atomic E-state index is 12.3. The Kier molecular flexibility index (Phi) is 6.46. The van der Waals surface area contributed by atoms with Crippen LogP contribution in [0.15, 0.2) is 18.5 Å². The number of nitrogens with zero attached hydrogens (tertiary/aromatic N) is 2. The molecular weight excluding hydrogens is 256 g/mol. The van der Waals surface area contributed by atoms with Crippen molar-refractivity contribution < 1.29 is 14.3 Å². The quantitative estimate of drug-likeness (QED) is 0.705. The number of halogens is 1. The van der Waals surface area contributed by atoms with Gasteiger partial charge in [-0.2, -0.15) is 0 Å². The smallest absolute Gasteiger partial charge is 0.257 e. The summed E-state index contributed by atoms with van der Waals surface area (Å²) < 4.78 is 10.1. The molecule has 0 aliphatic heterocycles. The van der Waals surface area contributed by atoms with E-state index in [0.29, 0.717) is 36.9 Å². The Labute approximate surface area is 112 Å². The number of ether oxygens (including phenoxy) is 2. The number of alkyl halides is 1. The van der Waals surface area contributed by atoms with Gasteiger partial charge in [0, 0.05) is 32.3 Å². The zero-order chi connectivity index (χ0) is 13.4. The van der Waals surface area contributed by atoms with Crippen molar-refractivity contribution in [3.05, 3.63) is 24.0 Å². The van der Waals surface area contributed by atoms with Crippen molar-refractivity contribution in [2.24, 2.45) is 0 Å². The lowest BCUT2D eigenvalue weighted by Gasteiger charge is -2.22. The van der Waals surface area contributed by atoms with Crippen molar-refractivity contribution in [1.29, 1.82) is 0 Å². The number of aromatic nitrogens is 1. The summed E-state index contributed by atoms with van der Waals surface area (Å²) in [4.78, 5) is 17.9. The van der Waals surface area contributed by atoms with E-state index in [9.17, 15) is 4.79 Å². The molecule has 0 bridgehead atoms. The van der Waals surface area contributed by atoms with E-state index in [4.69, 9.17) is 21.1 Å². The molecule has 0 aliphatic carbocycles. The highest BCUT2D eigenvalue weighted by Crippen LogP contribution is 2.17. The van der Waals surface area contributed by atoms with Gasteiger partial charge in [0.2, 0.25) is 0 Å². The molecule has 1 rings (SSSR count). The maximum Gasteiger partial charge on any atom is 0.257 e. The van der Waals surface area contributed by atoms with E-state index in [1.54, 1.807) is 24.3 Å². The molecule has 0 unspecified atom stereocenters. The standard InChI is InChI=1S/C12H17ClN2O3/c1-17-8-7-15(6-4-13)12(16)10-3-5-14-9-11(10)18-2/h3,5,9H,4,6-8H2,1-2H3. The average Bonchev–Trinajstić information content (AvgIpc) is 2.42. The molecule has 0 saturated carbocycles. The first-order valence-electron chi connectivity index (χ1n) is 5.56. The molecule has 0 spiro atoms. The van der Waals surface area contributed by atoms with Crippen molar-refractivity contribution in [2.45, 2.75) is 0 Å². The number of hydrogen-bond acceptors (Lipinski definition) is 4. The van der Waals surface area contributed by atoms with Crippen LogP contribution >= 0.6 is 11.6 Å². The normalized spacial score (nSPS) is 10.2. The van der Waals surface area contributed by atoms with Gasteiger partial charge < -0.3 is 14.4 Å². The van der Waals surface area contributed by atoms with Gasteiger partial charge in [-0.1, -0.05) is 0 Å². The van der Waals surface area contributed by atoms with Crippen LogP contribution in [0.4, 0.5) is 0 Å². The molecule has 1 aromatic heterocycles. The summed E-state index contributed by atoms with van der Waals surface area (Å²) in [6.07, 6.45) is 3.08. The lowest BCUT2D eigenvalue weighted by Crippen LogP contribution is -2.35. The molecule has 100 valence electrons. The Balaban J connectivity index is 2.86. The summed E-state index contributed by atoms with van der Waals surface area (Å²) in [5, 5.41) is 0. The van der Waals surface area contributed by atoms with Gasteiger partial charge in [-0.15, -0.1) is 11.6 Å². The summed E-state index contributed by atoms with van der Waals surface area (Å²) in [7, 11) is 3.10. The predicted molar refractivity (Wildman–Crippen MR) is 69.3 cm³/mol. The van der Waals surface area contributed by atoms with Gasteiger partial charge in [0.25, 0.3) is 5.91 Å². The van der Waals surface area contributed by atoms with Crippen LogP contribution in [0.25, 0.3) is 0 Å². The molecule has 1 amide bonds. The monoisotopic (exact) mass is 272 g/mol. The zero-order valence-corrected chi connectivity index (χ0v) is 11.3. The fraction of sp³-hybridized carbons (Fsp3) is 0.500. The van der Waals surface area contributed by atoms with Crippen LogP contribution in [0.2, 0.25) is 0 Å². The lowest BCUT2D eigenvalue weighted by molar-refractivity contribution is 0.0704. The van der Waals surface area contributed by atoms with E-state index in [0.717, 1.165) is 0 Å². The average molecular weight is 273 g/mol. The first-order valence-corrected chi connectivity index (χ1v) is 6.10. The van der Waals surface area contributed by atoms with Crippen LogP contribution in [-0.2, 0) is 4.74 Å². The number of amides is 1. The van der Waals surface area contributed by atoms with Crippen molar-refractivity contribution in [2.75, 3.05) is 39.8 Å². The van der Waals surface area contributed by atoms with Gasteiger partial charge in [0.05, 0.1) is 25.5 Å². The number of methoxy groups -OCH3 is 2. The van der Waals surface area contributed by atoms with Gasteiger partial charge >= 0.3 is 0 Å². The molecule has 0 N–H and O–H groups in total. The molecular formula is C12H17ClN2O3. The van der Waals surface area contributed by atoms with E-state index < -0.39 is 0 Å². The van der Waals surface area contributed by atoms with E-state index in [1.807, 2.05) is 0 Å². The topological polar surface area (TPSA) is 51.7 Å². The fourth-order valence-electron chi connectivity index (χ4n) is 1.51. The maximum absolute atomic E-state index is 12.3. The molecule has 0 aromatic carbocycles. The first kappa shape index (κ1) is 14.7. The van der Waals surface area contributed by atoms with Gasteiger partial charge in [0.15, 0.2) is 0 Å². The fourth-order valence-corrected chi connectivity index (χ4v) is 1.71. The summed E-state index contributed by atoms with van der Waals surface area (Å²) in [5.74, 6) is 0.703. The van der Waals surface area contributed by atoms with Crippen LogP contribution < -0.4 is 4.74 Å².